The van der Waals surface area contributed by atoms with E-state index in [2.05, 4.69) is 0 Å². The molecule has 0 aliphatic carbocycles. The van der Waals surface area contributed by atoms with E-state index in [-0.39, 0.29) is 15.8 Å². The quantitative estimate of drug-likeness (QED) is 0.675. The molecule has 120 valence electrons. The van der Waals surface area contributed by atoms with E-state index < -0.39 is 10.0 Å². The zero-order valence-corrected chi connectivity index (χ0v) is 15.0. The molecule has 0 fully saturated rings. The first kappa shape index (κ1) is 18.7. The summed E-state index contributed by atoms with van der Waals surface area (Å²) >= 11 is 11.9. The highest BCUT2D eigenvalue weighted by Crippen LogP contribution is 2.26. The number of halogens is 2. The maximum Gasteiger partial charge on any atom is 0.244 e. The van der Waals surface area contributed by atoms with Gasteiger partial charge in [-0.25, -0.2) is 8.42 Å². The molecule has 1 rings (SSSR count). The molecule has 0 heterocycles. The Morgan fingerprint density at radius 1 is 1.14 bits per heavy atom. The largest absolute Gasteiger partial charge is 0.308 e. The lowest BCUT2D eigenvalue weighted by Gasteiger charge is -2.24. The first-order valence-corrected chi connectivity index (χ1v) is 9.17. The fourth-order valence-electron chi connectivity index (χ4n) is 1.88. The molecule has 0 aliphatic rings. The van der Waals surface area contributed by atoms with Crippen LogP contribution in [0.15, 0.2) is 23.1 Å². The van der Waals surface area contributed by atoms with E-state index in [9.17, 15) is 8.42 Å². The third-order valence-electron chi connectivity index (χ3n) is 3.04. The second-order valence-electron chi connectivity index (χ2n) is 5.11. The summed E-state index contributed by atoms with van der Waals surface area (Å²) in [5.41, 5.74) is 0.740. The SMILES string of the molecule is CCCN(CCN(C)C)S(=O)(=O)c1cc(CCl)ccc1Cl. The first-order chi connectivity index (χ1) is 9.82. The number of benzene rings is 1. The van der Waals surface area contributed by atoms with Crippen LogP contribution >= 0.6 is 23.2 Å². The maximum absolute atomic E-state index is 12.8. The Morgan fingerprint density at radius 3 is 2.33 bits per heavy atom. The molecule has 0 radical (unpaired) electrons. The summed E-state index contributed by atoms with van der Waals surface area (Å²) in [5.74, 6) is 0.255. The van der Waals surface area contributed by atoms with Crippen LogP contribution in [0.3, 0.4) is 0 Å². The lowest BCUT2D eigenvalue weighted by atomic mass is 10.2. The van der Waals surface area contributed by atoms with Gasteiger partial charge in [0.1, 0.15) is 4.90 Å². The lowest BCUT2D eigenvalue weighted by Crippen LogP contribution is -2.37. The molecule has 0 bridgehead atoms. The van der Waals surface area contributed by atoms with Crippen molar-refractivity contribution in [3.05, 3.63) is 28.8 Å². The molecule has 0 unspecified atom stereocenters. The molecule has 0 saturated carbocycles. The molecule has 0 aliphatic heterocycles. The van der Waals surface area contributed by atoms with E-state index in [1.807, 2.05) is 25.9 Å². The van der Waals surface area contributed by atoms with Gasteiger partial charge in [-0.1, -0.05) is 24.6 Å². The van der Waals surface area contributed by atoms with Gasteiger partial charge in [0.2, 0.25) is 10.0 Å². The molecule has 0 spiro atoms. The van der Waals surface area contributed by atoms with Crippen LogP contribution in [0.5, 0.6) is 0 Å². The molecule has 7 heteroatoms. The third kappa shape index (κ3) is 5.11. The van der Waals surface area contributed by atoms with Crippen molar-refractivity contribution in [2.75, 3.05) is 33.7 Å². The van der Waals surface area contributed by atoms with Gasteiger partial charge in [0, 0.05) is 25.5 Å². The minimum atomic E-state index is -3.61. The minimum Gasteiger partial charge on any atom is -0.308 e. The van der Waals surface area contributed by atoms with Gasteiger partial charge in [-0.15, -0.1) is 11.6 Å². The summed E-state index contributed by atoms with van der Waals surface area (Å²) in [5, 5.41) is 0.231. The third-order valence-corrected chi connectivity index (χ3v) is 5.73. The van der Waals surface area contributed by atoms with Crippen molar-refractivity contribution in [2.24, 2.45) is 0 Å². The van der Waals surface area contributed by atoms with Gasteiger partial charge in [0.05, 0.1) is 5.02 Å². The summed E-state index contributed by atoms with van der Waals surface area (Å²) in [6.07, 6.45) is 0.749. The van der Waals surface area contributed by atoms with Crippen LogP contribution in [0.4, 0.5) is 0 Å². The van der Waals surface area contributed by atoms with E-state index >= 15 is 0 Å². The van der Waals surface area contributed by atoms with Crippen LogP contribution in [-0.4, -0.2) is 51.4 Å². The monoisotopic (exact) mass is 352 g/mol. The number of alkyl halides is 1. The van der Waals surface area contributed by atoms with Gasteiger partial charge >= 0.3 is 0 Å². The van der Waals surface area contributed by atoms with Gasteiger partial charge in [-0.05, 0) is 38.2 Å². The highest BCUT2D eigenvalue weighted by atomic mass is 35.5. The summed E-state index contributed by atoms with van der Waals surface area (Å²) < 4.78 is 27.1. The molecular formula is C14H22Cl2N2O2S. The number of hydrogen-bond donors (Lipinski definition) is 0. The van der Waals surface area contributed by atoms with Gasteiger partial charge < -0.3 is 4.90 Å². The summed E-state index contributed by atoms with van der Waals surface area (Å²) in [6.45, 7) is 3.52. The number of likely N-dealkylation sites (N-methyl/N-ethyl adjacent to an activating group) is 1. The van der Waals surface area contributed by atoms with Crippen molar-refractivity contribution < 1.29 is 8.42 Å². The smallest absolute Gasteiger partial charge is 0.244 e. The molecule has 1 aromatic carbocycles. The Labute approximate surface area is 137 Å². The average Bonchev–Trinajstić information content (AvgIpc) is 2.43. The van der Waals surface area contributed by atoms with Crippen molar-refractivity contribution in [3.63, 3.8) is 0 Å². The van der Waals surface area contributed by atoms with Crippen LogP contribution in [0.25, 0.3) is 0 Å². The molecule has 0 amide bonds. The normalized spacial score (nSPS) is 12.3. The van der Waals surface area contributed by atoms with Gasteiger partial charge in [0.15, 0.2) is 0 Å². The Kier molecular flexibility index (Phi) is 7.44. The zero-order chi connectivity index (χ0) is 16.0. The van der Waals surface area contributed by atoms with E-state index in [1.165, 1.54) is 4.31 Å². The second-order valence-corrected chi connectivity index (χ2v) is 7.69. The van der Waals surface area contributed by atoms with Crippen LogP contribution in [-0.2, 0) is 15.9 Å². The van der Waals surface area contributed by atoms with Crippen LogP contribution in [0, 0.1) is 0 Å². The predicted molar refractivity (Wildman–Crippen MR) is 88.6 cm³/mol. The topological polar surface area (TPSA) is 40.6 Å². The van der Waals surface area contributed by atoms with E-state index in [0.717, 1.165) is 12.0 Å². The van der Waals surface area contributed by atoms with Crippen molar-refractivity contribution in [3.8, 4) is 0 Å². The van der Waals surface area contributed by atoms with Crippen molar-refractivity contribution in [2.45, 2.75) is 24.1 Å². The van der Waals surface area contributed by atoms with Crippen LogP contribution < -0.4 is 0 Å². The first-order valence-electron chi connectivity index (χ1n) is 6.82. The molecule has 1 aromatic rings. The second kappa shape index (κ2) is 8.34. The number of rotatable bonds is 8. The fraction of sp³-hybridized carbons (Fsp3) is 0.571. The van der Waals surface area contributed by atoms with Gasteiger partial charge in [-0.2, -0.15) is 4.31 Å². The van der Waals surface area contributed by atoms with Crippen molar-refractivity contribution in [1.82, 2.24) is 9.21 Å². The minimum absolute atomic E-state index is 0.134. The molecular weight excluding hydrogens is 331 g/mol. The van der Waals surface area contributed by atoms with Crippen LogP contribution in [0.2, 0.25) is 5.02 Å². The molecule has 4 nitrogen and oxygen atoms in total. The number of hydrogen-bond acceptors (Lipinski definition) is 3. The maximum atomic E-state index is 12.8. The molecule has 0 aromatic heterocycles. The number of sulfonamides is 1. The fourth-order valence-corrected chi connectivity index (χ4v) is 4.09. The number of nitrogens with zero attached hydrogens (tertiary/aromatic N) is 2. The van der Waals surface area contributed by atoms with E-state index in [0.29, 0.717) is 19.6 Å². The Morgan fingerprint density at radius 2 is 1.81 bits per heavy atom. The van der Waals surface area contributed by atoms with E-state index in [4.69, 9.17) is 23.2 Å². The highest BCUT2D eigenvalue weighted by Gasteiger charge is 2.26. The summed E-state index contributed by atoms with van der Waals surface area (Å²) in [7, 11) is 0.223. The van der Waals surface area contributed by atoms with Crippen LogP contribution in [0.1, 0.15) is 18.9 Å². The standard InChI is InChI=1S/C14H22Cl2N2O2S/c1-4-7-18(9-8-17(2)3)21(19,20)14-10-12(11-15)5-6-13(14)16/h5-6,10H,4,7-9,11H2,1-3H3. The molecule has 0 saturated heterocycles. The summed E-state index contributed by atoms with van der Waals surface area (Å²) in [4.78, 5) is 2.09. The summed E-state index contributed by atoms with van der Waals surface area (Å²) in [6, 6.07) is 4.88. The lowest BCUT2D eigenvalue weighted by molar-refractivity contribution is 0.333. The Hall–Kier alpha value is -0.330. The van der Waals surface area contributed by atoms with E-state index in [1.54, 1.807) is 18.2 Å². The Balaban J connectivity index is 3.15. The van der Waals surface area contributed by atoms with Gasteiger partial charge in [-0.3, -0.25) is 0 Å². The van der Waals surface area contributed by atoms with Crippen molar-refractivity contribution in [1.29, 1.82) is 0 Å². The molecule has 0 N–H and O–H groups in total. The van der Waals surface area contributed by atoms with Crippen molar-refractivity contribution >= 4 is 33.2 Å². The Bertz CT molecular complexity index is 562. The molecule has 0 atom stereocenters. The molecule has 21 heavy (non-hydrogen) atoms. The average molecular weight is 353 g/mol. The zero-order valence-electron chi connectivity index (χ0n) is 12.6. The highest BCUT2D eigenvalue weighted by molar-refractivity contribution is 7.89. The predicted octanol–water partition coefficient (Wildman–Crippen LogP) is 3.04. The van der Waals surface area contributed by atoms with Gasteiger partial charge in [0.25, 0.3) is 0 Å².